The number of urea groups is 1. The van der Waals surface area contributed by atoms with Gasteiger partial charge in [-0.3, -0.25) is 15.0 Å². The van der Waals surface area contributed by atoms with Crippen LogP contribution in [0.15, 0.2) is 40.8 Å². The smallest absolute Gasteiger partial charge is 0.324 e. The topological polar surface area (TPSA) is 65.8 Å². The summed E-state index contributed by atoms with van der Waals surface area (Å²) in [6.07, 6.45) is 0. The SMILES string of the molecule is CC(C)(C)c1ccc(-c2ccc(CN3CCN4C(=O)NC(=O)[C@@H]4C3)o2)cc1. The molecule has 2 fully saturated rings. The number of rotatable bonds is 3. The molecule has 0 unspecified atom stereocenters. The Morgan fingerprint density at radius 1 is 1.07 bits per heavy atom. The van der Waals surface area contributed by atoms with Gasteiger partial charge >= 0.3 is 6.03 Å². The van der Waals surface area contributed by atoms with E-state index in [9.17, 15) is 9.59 Å². The highest BCUT2D eigenvalue weighted by Crippen LogP contribution is 2.28. The van der Waals surface area contributed by atoms with E-state index in [1.54, 1.807) is 4.90 Å². The first-order chi connectivity index (χ1) is 12.8. The zero-order valence-corrected chi connectivity index (χ0v) is 16.0. The highest BCUT2D eigenvalue weighted by atomic mass is 16.3. The minimum absolute atomic E-state index is 0.128. The quantitative estimate of drug-likeness (QED) is 0.847. The number of nitrogens with one attached hydrogen (secondary N) is 1. The van der Waals surface area contributed by atoms with Crippen LogP contribution in [0.5, 0.6) is 0 Å². The molecule has 0 aliphatic carbocycles. The van der Waals surface area contributed by atoms with E-state index in [0.717, 1.165) is 23.6 Å². The minimum Gasteiger partial charge on any atom is -0.460 e. The first-order valence-electron chi connectivity index (χ1n) is 9.35. The van der Waals surface area contributed by atoms with Gasteiger partial charge in [0.05, 0.1) is 6.54 Å². The van der Waals surface area contributed by atoms with Crippen molar-refractivity contribution in [3.05, 3.63) is 47.7 Å². The molecule has 0 saturated carbocycles. The molecular formula is C21H25N3O3. The van der Waals surface area contributed by atoms with Crippen molar-refractivity contribution in [2.24, 2.45) is 0 Å². The molecule has 6 nitrogen and oxygen atoms in total. The fourth-order valence-corrected chi connectivity index (χ4v) is 3.68. The molecule has 0 radical (unpaired) electrons. The third-order valence-electron chi connectivity index (χ3n) is 5.33. The molecule has 142 valence electrons. The van der Waals surface area contributed by atoms with Crippen LogP contribution in [0.3, 0.4) is 0 Å². The Labute approximate surface area is 159 Å². The summed E-state index contributed by atoms with van der Waals surface area (Å²) in [5.74, 6) is 1.50. The fraction of sp³-hybridized carbons (Fsp3) is 0.429. The van der Waals surface area contributed by atoms with Gasteiger partial charge in [0, 0.05) is 25.2 Å². The van der Waals surface area contributed by atoms with E-state index in [0.29, 0.717) is 19.6 Å². The van der Waals surface area contributed by atoms with E-state index in [1.165, 1.54) is 5.56 Å². The standard InChI is InChI=1S/C21H25N3O3/c1-21(2,3)15-6-4-14(5-7-15)18-9-8-16(27-18)12-23-10-11-24-17(13-23)19(25)22-20(24)26/h4-9,17H,10-13H2,1-3H3,(H,22,25,26)/t17-/m0/s1. The number of piperazine rings is 1. The summed E-state index contributed by atoms with van der Waals surface area (Å²) < 4.78 is 6.03. The van der Waals surface area contributed by atoms with Gasteiger partial charge in [0.1, 0.15) is 17.6 Å². The van der Waals surface area contributed by atoms with Crippen molar-refractivity contribution in [2.75, 3.05) is 19.6 Å². The molecule has 2 aliphatic heterocycles. The Balaban J connectivity index is 1.43. The van der Waals surface area contributed by atoms with Crippen LogP contribution in [0.25, 0.3) is 11.3 Å². The highest BCUT2D eigenvalue weighted by molar-refractivity contribution is 6.04. The predicted octanol–water partition coefficient (Wildman–Crippen LogP) is 2.98. The van der Waals surface area contributed by atoms with Gasteiger partial charge in [0.2, 0.25) is 0 Å². The second kappa shape index (κ2) is 6.53. The Morgan fingerprint density at radius 3 is 2.52 bits per heavy atom. The van der Waals surface area contributed by atoms with E-state index in [2.05, 4.69) is 55.3 Å². The zero-order chi connectivity index (χ0) is 19.2. The summed E-state index contributed by atoms with van der Waals surface area (Å²) in [6, 6.07) is 11.8. The molecule has 1 N–H and O–H groups in total. The van der Waals surface area contributed by atoms with Crippen LogP contribution in [0.4, 0.5) is 4.79 Å². The Bertz CT molecular complexity index is 864. The Kier molecular flexibility index (Phi) is 4.30. The van der Waals surface area contributed by atoms with Gasteiger partial charge in [-0.1, -0.05) is 45.0 Å². The first kappa shape index (κ1) is 17.8. The maximum Gasteiger partial charge on any atom is 0.324 e. The number of carbonyl (C=O) groups is 2. The summed E-state index contributed by atoms with van der Waals surface area (Å²) in [6.45, 7) is 9.05. The normalized spacial score (nSPS) is 20.7. The molecule has 27 heavy (non-hydrogen) atoms. The number of benzene rings is 1. The Morgan fingerprint density at radius 2 is 1.81 bits per heavy atom. The second-order valence-electron chi connectivity index (χ2n) is 8.33. The van der Waals surface area contributed by atoms with Crippen molar-refractivity contribution in [3.63, 3.8) is 0 Å². The van der Waals surface area contributed by atoms with E-state index in [1.807, 2.05) is 12.1 Å². The molecule has 2 aromatic rings. The third kappa shape index (κ3) is 3.49. The van der Waals surface area contributed by atoms with E-state index < -0.39 is 0 Å². The fourth-order valence-electron chi connectivity index (χ4n) is 3.68. The molecule has 1 aromatic carbocycles. The van der Waals surface area contributed by atoms with Crippen molar-refractivity contribution in [3.8, 4) is 11.3 Å². The summed E-state index contributed by atoms with van der Waals surface area (Å²) in [5, 5.41) is 2.38. The zero-order valence-electron chi connectivity index (χ0n) is 16.0. The summed E-state index contributed by atoms with van der Waals surface area (Å²) in [4.78, 5) is 27.3. The largest absolute Gasteiger partial charge is 0.460 e. The van der Waals surface area contributed by atoms with Gasteiger partial charge in [-0.25, -0.2) is 4.79 Å². The van der Waals surface area contributed by atoms with Crippen molar-refractivity contribution < 1.29 is 14.0 Å². The molecule has 3 amide bonds. The number of carbonyl (C=O) groups excluding carboxylic acids is 2. The average molecular weight is 367 g/mol. The molecule has 3 heterocycles. The lowest BCUT2D eigenvalue weighted by molar-refractivity contribution is -0.122. The van der Waals surface area contributed by atoms with Crippen LogP contribution in [-0.4, -0.2) is 47.4 Å². The predicted molar refractivity (Wildman–Crippen MR) is 102 cm³/mol. The lowest BCUT2D eigenvalue weighted by Crippen LogP contribution is -2.52. The Hall–Kier alpha value is -2.60. The van der Waals surface area contributed by atoms with Crippen molar-refractivity contribution >= 4 is 11.9 Å². The summed E-state index contributed by atoms with van der Waals surface area (Å²) >= 11 is 0. The van der Waals surface area contributed by atoms with Gasteiger partial charge in [-0.05, 0) is 23.1 Å². The molecular weight excluding hydrogens is 342 g/mol. The lowest BCUT2D eigenvalue weighted by Gasteiger charge is -2.34. The second-order valence-corrected chi connectivity index (χ2v) is 8.33. The van der Waals surface area contributed by atoms with E-state index >= 15 is 0 Å². The number of fused-ring (bicyclic) bond motifs is 1. The molecule has 4 rings (SSSR count). The van der Waals surface area contributed by atoms with Gasteiger partial charge in [0.15, 0.2) is 0 Å². The van der Waals surface area contributed by atoms with E-state index in [4.69, 9.17) is 4.42 Å². The molecule has 1 atom stereocenters. The molecule has 0 bridgehead atoms. The lowest BCUT2D eigenvalue weighted by atomic mass is 9.86. The number of hydrogen-bond acceptors (Lipinski definition) is 4. The van der Waals surface area contributed by atoms with Gasteiger partial charge in [-0.15, -0.1) is 0 Å². The van der Waals surface area contributed by atoms with Crippen LogP contribution in [-0.2, 0) is 16.8 Å². The van der Waals surface area contributed by atoms with Crippen molar-refractivity contribution in [2.45, 2.75) is 38.8 Å². The molecule has 2 saturated heterocycles. The molecule has 6 heteroatoms. The van der Waals surface area contributed by atoms with Crippen LogP contribution in [0.2, 0.25) is 0 Å². The molecule has 0 spiro atoms. The number of imide groups is 1. The number of nitrogens with zero attached hydrogens (tertiary/aromatic N) is 2. The number of furan rings is 1. The summed E-state index contributed by atoms with van der Waals surface area (Å²) in [5.41, 5.74) is 2.48. The van der Waals surface area contributed by atoms with Crippen molar-refractivity contribution in [1.29, 1.82) is 0 Å². The number of hydrogen-bond donors (Lipinski definition) is 1. The van der Waals surface area contributed by atoms with Crippen molar-refractivity contribution in [1.82, 2.24) is 15.1 Å². The minimum atomic E-state index is -0.384. The van der Waals surface area contributed by atoms with Crippen LogP contribution in [0.1, 0.15) is 32.1 Å². The van der Waals surface area contributed by atoms with Gasteiger partial charge in [0.25, 0.3) is 5.91 Å². The monoisotopic (exact) mass is 367 g/mol. The first-order valence-corrected chi connectivity index (χ1v) is 9.35. The maximum absolute atomic E-state index is 11.9. The van der Waals surface area contributed by atoms with Crippen LogP contribution in [0, 0.1) is 0 Å². The summed E-state index contributed by atoms with van der Waals surface area (Å²) in [7, 11) is 0. The third-order valence-corrected chi connectivity index (χ3v) is 5.33. The van der Waals surface area contributed by atoms with Gasteiger partial charge in [-0.2, -0.15) is 0 Å². The maximum atomic E-state index is 11.9. The average Bonchev–Trinajstić information content (AvgIpc) is 3.19. The van der Waals surface area contributed by atoms with E-state index in [-0.39, 0.29) is 23.4 Å². The molecule has 2 aliphatic rings. The number of amides is 3. The van der Waals surface area contributed by atoms with Gasteiger partial charge < -0.3 is 9.32 Å². The van der Waals surface area contributed by atoms with Crippen LogP contribution < -0.4 is 5.32 Å². The molecule has 1 aromatic heterocycles. The van der Waals surface area contributed by atoms with Crippen LogP contribution >= 0.6 is 0 Å². The highest BCUT2D eigenvalue weighted by Gasteiger charge is 2.41.